The zero-order chi connectivity index (χ0) is 17.3. The van der Waals surface area contributed by atoms with Crippen LogP contribution >= 0.6 is 23.1 Å². The molecule has 0 saturated carbocycles. The van der Waals surface area contributed by atoms with Crippen molar-refractivity contribution in [2.45, 2.75) is 10.4 Å². The van der Waals surface area contributed by atoms with Crippen LogP contribution in [0.2, 0.25) is 0 Å². The monoisotopic (exact) mass is 359 g/mol. The number of likely N-dealkylation sites (N-methyl/N-ethyl adjacent to an activating group) is 1. The van der Waals surface area contributed by atoms with Gasteiger partial charge in [0.2, 0.25) is 5.91 Å². The lowest BCUT2D eigenvalue weighted by atomic mass is 10.1. The van der Waals surface area contributed by atoms with E-state index >= 15 is 0 Å². The summed E-state index contributed by atoms with van der Waals surface area (Å²) in [5, 5.41) is 2.56. The van der Waals surface area contributed by atoms with Crippen molar-refractivity contribution in [1.82, 2.24) is 14.5 Å². The summed E-state index contributed by atoms with van der Waals surface area (Å²) in [5.74, 6) is -0.0354. The van der Waals surface area contributed by atoms with Crippen molar-refractivity contribution in [2.75, 3.05) is 14.1 Å². The topological polar surface area (TPSA) is 55.2 Å². The van der Waals surface area contributed by atoms with Crippen LogP contribution in [-0.2, 0) is 11.8 Å². The number of benzene rings is 1. The number of rotatable bonds is 4. The number of thiophene rings is 1. The summed E-state index contributed by atoms with van der Waals surface area (Å²) in [6.07, 6.45) is 0. The zero-order valence-corrected chi connectivity index (χ0v) is 15.2. The number of nitrogens with zero attached hydrogens (tertiary/aromatic N) is 3. The Kier molecular flexibility index (Phi) is 4.73. The normalized spacial score (nSPS) is 12.3. The number of fused-ring (bicyclic) bond motifs is 1. The van der Waals surface area contributed by atoms with Gasteiger partial charge < -0.3 is 4.90 Å². The smallest absolute Gasteiger partial charge is 0.262 e. The molecule has 0 N–H and O–H groups in total. The summed E-state index contributed by atoms with van der Waals surface area (Å²) in [7, 11) is 5.15. The Morgan fingerprint density at radius 1 is 1.25 bits per heavy atom. The highest BCUT2D eigenvalue weighted by Crippen LogP contribution is 2.35. The van der Waals surface area contributed by atoms with Gasteiger partial charge in [-0.25, -0.2) is 4.98 Å². The Morgan fingerprint density at radius 3 is 2.62 bits per heavy atom. The standard InChI is InChI=1S/C17H17N3O2S2/c1-19(2)16(22)13(11-7-5-4-6-8-11)24-17-18-14-12(9-10-23-14)15(21)20(17)3/h4-10,13H,1-3H3. The highest BCUT2D eigenvalue weighted by molar-refractivity contribution is 8.00. The maximum atomic E-state index is 12.7. The fourth-order valence-corrected chi connectivity index (χ4v) is 4.33. The van der Waals surface area contributed by atoms with Gasteiger partial charge in [0, 0.05) is 21.1 Å². The Hall–Kier alpha value is -2.12. The second-order valence-corrected chi connectivity index (χ2v) is 7.51. The molecular weight excluding hydrogens is 342 g/mol. The van der Waals surface area contributed by atoms with Crippen LogP contribution in [-0.4, -0.2) is 34.5 Å². The minimum absolute atomic E-state index is 0.0354. The van der Waals surface area contributed by atoms with Crippen molar-refractivity contribution in [3.05, 3.63) is 57.7 Å². The molecule has 1 atom stereocenters. The van der Waals surface area contributed by atoms with Gasteiger partial charge in [-0.15, -0.1) is 11.3 Å². The molecule has 124 valence electrons. The molecule has 0 aliphatic rings. The van der Waals surface area contributed by atoms with Crippen molar-refractivity contribution in [1.29, 1.82) is 0 Å². The first-order valence-corrected chi connectivity index (χ1v) is 9.12. The van der Waals surface area contributed by atoms with E-state index < -0.39 is 5.25 Å². The summed E-state index contributed by atoms with van der Waals surface area (Å²) in [6.45, 7) is 0. The van der Waals surface area contributed by atoms with Crippen molar-refractivity contribution >= 4 is 39.2 Å². The summed E-state index contributed by atoms with van der Waals surface area (Å²) < 4.78 is 1.51. The second-order valence-electron chi connectivity index (χ2n) is 5.54. The van der Waals surface area contributed by atoms with Crippen LogP contribution in [0.4, 0.5) is 0 Å². The van der Waals surface area contributed by atoms with Crippen molar-refractivity contribution in [3.63, 3.8) is 0 Å². The second kappa shape index (κ2) is 6.78. The first kappa shape index (κ1) is 16.7. The lowest BCUT2D eigenvalue weighted by Crippen LogP contribution is -2.28. The van der Waals surface area contributed by atoms with E-state index in [0.717, 1.165) is 5.56 Å². The maximum Gasteiger partial charge on any atom is 0.262 e. The predicted molar refractivity (Wildman–Crippen MR) is 98.6 cm³/mol. The van der Waals surface area contributed by atoms with E-state index in [1.54, 1.807) is 32.1 Å². The molecule has 3 aromatic rings. The third kappa shape index (κ3) is 3.09. The third-order valence-corrected chi connectivity index (χ3v) is 5.75. The van der Waals surface area contributed by atoms with E-state index in [-0.39, 0.29) is 11.5 Å². The van der Waals surface area contributed by atoms with Crippen LogP contribution in [0.25, 0.3) is 10.2 Å². The molecule has 5 nitrogen and oxygen atoms in total. The van der Waals surface area contributed by atoms with E-state index in [0.29, 0.717) is 15.4 Å². The van der Waals surface area contributed by atoms with Crippen molar-refractivity contribution < 1.29 is 4.79 Å². The number of hydrogen-bond donors (Lipinski definition) is 0. The molecule has 0 bridgehead atoms. The molecular formula is C17H17N3O2S2. The van der Waals surface area contributed by atoms with Crippen LogP contribution in [0.1, 0.15) is 10.8 Å². The van der Waals surface area contributed by atoms with E-state index in [9.17, 15) is 9.59 Å². The van der Waals surface area contributed by atoms with Gasteiger partial charge in [0.15, 0.2) is 5.16 Å². The van der Waals surface area contributed by atoms with E-state index in [4.69, 9.17) is 0 Å². The lowest BCUT2D eigenvalue weighted by Gasteiger charge is -2.21. The molecule has 1 aromatic carbocycles. The van der Waals surface area contributed by atoms with Gasteiger partial charge in [0.1, 0.15) is 10.1 Å². The Labute approximate surface area is 147 Å². The van der Waals surface area contributed by atoms with Crippen molar-refractivity contribution in [2.24, 2.45) is 7.05 Å². The van der Waals surface area contributed by atoms with Crippen LogP contribution in [0.3, 0.4) is 0 Å². The van der Waals surface area contributed by atoms with E-state index in [2.05, 4.69) is 4.98 Å². The quantitative estimate of drug-likeness (QED) is 0.531. The number of amides is 1. The first-order chi connectivity index (χ1) is 11.5. The first-order valence-electron chi connectivity index (χ1n) is 7.36. The number of carbonyl (C=O) groups excluding carboxylic acids is 1. The summed E-state index contributed by atoms with van der Waals surface area (Å²) in [5.41, 5.74) is 0.801. The third-order valence-electron chi connectivity index (χ3n) is 3.65. The number of carbonyl (C=O) groups is 1. The molecule has 0 spiro atoms. The van der Waals surface area contributed by atoms with Crippen LogP contribution < -0.4 is 5.56 Å². The van der Waals surface area contributed by atoms with E-state index in [1.807, 2.05) is 35.7 Å². The molecule has 2 aromatic heterocycles. The number of thioether (sulfide) groups is 1. The molecule has 2 heterocycles. The molecule has 3 rings (SSSR count). The summed E-state index contributed by atoms with van der Waals surface area (Å²) >= 11 is 2.73. The van der Waals surface area contributed by atoms with E-state index in [1.165, 1.54) is 27.7 Å². The highest BCUT2D eigenvalue weighted by atomic mass is 32.2. The van der Waals surface area contributed by atoms with Crippen LogP contribution in [0, 0.1) is 0 Å². The Bertz CT molecular complexity index is 932. The van der Waals surface area contributed by atoms with Gasteiger partial charge >= 0.3 is 0 Å². The van der Waals surface area contributed by atoms with Crippen LogP contribution in [0.5, 0.6) is 0 Å². The van der Waals surface area contributed by atoms with Crippen LogP contribution in [0.15, 0.2) is 51.7 Å². The number of hydrogen-bond acceptors (Lipinski definition) is 5. The zero-order valence-electron chi connectivity index (χ0n) is 13.6. The van der Waals surface area contributed by atoms with Gasteiger partial charge in [0.25, 0.3) is 5.56 Å². The minimum Gasteiger partial charge on any atom is -0.348 e. The SMILES string of the molecule is CN(C)C(=O)C(Sc1nc2sccc2c(=O)n1C)c1ccccc1. The molecule has 24 heavy (non-hydrogen) atoms. The molecule has 0 saturated heterocycles. The Balaban J connectivity index is 2.06. The molecule has 0 fully saturated rings. The van der Waals surface area contributed by atoms with Gasteiger partial charge in [-0.3, -0.25) is 14.2 Å². The largest absolute Gasteiger partial charge is 0.348 e. The molecule has 0 radical (unpaired) electrons. The Morgan fingerprint density at radius 2 is 1.96 bits per heavy atom. The average Bonchev–Trinajstić information content (AvgIpc) is 3.05. The molecule has 0 aliphatic carbocycles. The molecule has 0 aliphatic heterocycles. The fourth-order valence-electron chi connectivity index (χ4n) is 2.31. The lowest BCUT2D eigenvalue weighted by molar-refractivity contribution is -0.128. The summed E-state index contributed by atoms with van der Waals surface area (Å²) in [4.78, 5) is 31.9. The molecule has 7 heteroatoms. The minimum atomic E-state index is -0.447. The van der Waals surface area contributed by atoms with Crippen molar-refractivity contribution in [3.8, 4) is 0 Å². The number of aromatic nitrogens is 2. The fraction of sp³-hybridized carbons (Fsp3) is 0.235. The van der Waals surface area contributed by atoms with Gasteiger partial charge in [0.05, 0.1) is 5.39 Å². The predicted octanol–water partition coefficient (Wildman–Crippen LogP) is 2.92. The molecule has 1 amide bonds. The van der Waals surface area contributed by atoms with Gasteiger partial charge in [-0.05, 0) is 17.0 Å². The summed E-state index contributed by atoms with van der Waals surface area (Å²) in [6, 6.07) is 11.3. The molecule has 1 unspecified atom stereocenters. The van der Waals surface area contributed by atoms with Gasteiger partial charge in [-0.1, -0.05) is 42.1 Å². The maximum absolute atomic E-state index is 12.7. The van der Waals surface area contributed by atoms with Gasteiger partial charge in [-0.2, -0.15) is 0 Å². The highest BCUT2D eigenvalue weighted by Gasteiger charge is 2.25. The average molecular weight is 359 g/mol.